The van der Waals surface area contributed by atoms with Gasteiger partial charge in [0.05, 0.1) is 23.4 Å². The Balaban J connectivity index is 1.77. The van der Waals surface area contributed by atoms with Crippen LogP contribution in [0.2, 0.25) is 0 Å². The van der Waals surface area contributed by atoms with Crippen molar-refractivity contribution in [2.75, 3.05) is 7.11 Å². The van der Waals surface area contributed by atoms with Crippen molar-refractivity contribution in [2.24, 2.45) is 10.2 Å². The normalized spacial score (nSPS) is 14.3. The lowest BCUT2D eigenvalue weighted by atomic mass is 10.0. The Morgan fingerprint density at radius 3 is 2.50 bits per heavy atom. The van der Waals surface area contributed by atoms with E-state index in [0.717, 1.165) is 29.2 Å². The Morgan fingerprint density at radius 2 is 1.83 bits per heavy atom. The van der Waals surface area contributed by atoms with Gasteiger partial charge >= 0.3 is 0 Å². The topological polar surface area (TPSA) is 34.0 Å². The Hall–Kier alpha value is -1.94. The minimum Gasteiger partial charge on any atom is -0.497 e. The summed E-state index contributed by atoms with van der Waals surface area (Å²) in [5, 5.41) is 10.6. The van der Waals surface area contributed by atoms with Gasteiger partial charge in [-0.1, -0.05) is 6.07 Å². The Labute approximate surface area is 109 Å². The molecular formula is C14H12N2OS. The van der Waals surface area contributed by atoms with Crippen LogP contribution in [0.15, 0.2) is 52.0 Å². The van der Waals surface area contributed by atoms with Crippen LogP contribution < -0.4 is 4.74 Å². The average Bonchev–Trinajstić information content (AvgIpc) is 3.09. The molecule has 0 atom stereocenters. The number of nitrogens with zero attached hydrogens (tertiary/aromatic N) is 2. The summed E-state index contributed by atoms with van der Waals surface area (Å²) >= 11 is 1.70. The maximum Gasteiger partial charge on any atom is 0.118 e. The molecule has 0 aliphatic carbocycles. The minimum absolute atomic E-state index is 0.798. The molecule has 1 aliphatic heterocycles. The molecular weight excluding hydrogens is 244 g/mol. The van der Waals surface area contributed by atoms with Crippen LogP contribution in [-0.2, 0) is 0 Å². The van der Waals surface area contributed by atoms with E-state index in [-0.39, 0.29) is 0 Å². The molecule has 2 heterocycles. The largest absolute Gasteiger partial charge is 0.497 e. The molecule has 0 saturated carbocycles. The number of benzene rings is 1. The van der Waals surface area contributed by atoms with Crippen molar-refractivity contribution in [1.29, 1.82) is 0 Å². The monoisotopic (exact) mass is 256 g/mol. The van der Waals surface area contributed by atoms with Gasteiger partial charge < -0.3 is 4.74 Å². The summed E-state index contributed by atoms with van der Waals surface area (Å²) in [7, 11) is 1.67. The lowest BCUT2D eigenvalue weighted by molar-refractivity contribution is 0.415. The minimum atomic E-state index is 0.798. The van der Waals surface area contributed by atoms with Crippen molar-refractivity contribution in [2.45, 2.75) is 6.42 Å². The fourth-order valence-corrected chi connectivity index (χ4v) is 2.58. The van der Waals surface area contributed by atoms with Gasteiger partial charge in [0.25, 0.3) is 0 Å². The van der Waals surface area contributed by atoms with Crippen molar-refractivity contribution >= 4 is 22.8 Å². The predicted octanol–water partition coefficient (Wildman–Crippen LogP) is 3.35. The lowest BCUT2D eigenvalue weighted by Gasteiger charge is -2.02. The van der Waals surface area contributed by atoms with Crippen LogP contribution in [-0.4, -0.2) is 18.5 Å². The van der Waals surface area contributed by atoms with E-state index < -0.39 is 0 Å². The van der Waals surface area contributed by atoms with Crippen molar-refractivity contribution in [3.05, 3.63) is 52.2 Å². The first kappa shape index (κ1) is 11.2. The van der Waals surface area contributed by atoms with Crippen LogP contribution in [0.3, 0.4) is 0 Å². The molecule has 3 rings (SSSR count). The second kappa shape index (κ2) is 4.74. The van der Waals surface area contributed by atoms with Crippen LogP contribution in [0.5, 0.6) is 5.75 Å². The molecule has 0 unspecified atom stereocenters. The highest BCUT2D eigenvalue weighted by atomic mass is 32.1. The van der Waals surface area contributed by atoms with Gasteiger partial charge in [-0.2, -0.15) is 10.2 Å². The van der Waals surface area contributed by atoms with Gasteiger partial charge in [-0.25, -0.2) is 0 Å². The first-order chi connectivity index (χ1) is 8.86. The maximum atomic E-state index is 5.14. The number of rotatable bonds is 3. The smallest absolute Gasteiger partial charge is 0.118 e. The number of thiophene rings is 1. The number of ether oxygens (including phenoxy) is 1. The maximum absolute atomic E-state index is 5.14. The van der Waals surface area contributed by atoms with Gasteiger partial charge in [0.2, 0.25) is 0 Å². The first-order valence-corrected chi connectivity index (χ1v) is 6.56. The van der Waals surface area contributed by atoms with E-state index in [0.29, 0.717) is 0 Å². The van der Waals surface area contributed by atoms with E-state index in [9.17, 15) is 0 Å². The van der Waals surface area contributed by atoms with Gasteiger partial charge in [-0.05, 0) is 41.3 Å². The summed E-state index contributed by atoms with van der Waals surface area (Å²) in [6.45, 7) is 0. The zero-order chi connectivity index (χ0) is 12.4. The summed E-state index contributed by atoms with van der Waals surface area (Å²) in [5.74, 6) is 0.858. The van der Waals surface area contributed by atoms with E-state index in [1.165, 1.54) is 4.88 Å². The van der Waals surface area contributed by atoms with Crippen LogP contribution in [0.25, 0.3) is 0 Å². The highest BCUT2D eigenvalue weighted by Gasteiger charge is 2.16. The molecule has 18 heavy (non-hydrogen) atoms. The van der Waals surface area contributed by atoms with Crippen molar-refractivity contribution < 1.29 is 4.74 Å². The van der Waals surface area contributed by atoms with Gasteiger partial charge in [-0.15, -0.1) is 11.3 Å². The zero-order valence-electron chi connectivity index (χ0n) is 9.96. The molecule has 3 nitrogen and oxygen atoms in total. The fourth-order valence-electron chi connectivity index (χ4n) is 1.87. The summed E-state index contributed by atoms with van der Waals surface area (Å²) in [5.41, 5.74) is 3.17. The molecule has 0 amide bonds. The number of methoxy groups -OCH3 is 1. The summed E-state index contributed by atoms with van der Waals surface area (Å²) in [6, 6.07) is 12.0. The predicted molar refractivity (Wildman–Crippen MR) is 75.0 cm³/mol. The molecule has 0 saturated heterocycles. The Morgan fingerprint density at radius 1 is 1.06 bits per heavy atom. The number of hydrogen-bond acceptors (Lipinski definition) is 4. The first-order valence-electron chi connectivity index (χ1n) is 5.68. The van der Waals surface area contributed by atoms with E-state index in [1.54, 1.807) is 18.4 Å². The SMILES string of the molecule is COc1ccc(C2=NN=C(c3cccs3)C2)cc1. The second-order valence-electron chi connectivity index (χ2n) is 3.98. The summed E-state index contributed by atoms with van der Waals surface area (Å²) in [4.78, 5) is 1.20. The highest BCUT2D eigenvalue weighted by molar-refractivity contribution is 7.12. The van der Waals surface area contributed by atoms with Crippen molar-refractivity contribution in [3.8, 4) is 5.75 Å². The van der Waals surface area contributed by atoms with Crippen LogP contribution in [0.4, 0.5) is 0 Å². The molecule has 2 aromatic rings. The second-order valence-corrected chi connectivity index (χ2v) is 4.92. The van der Waals surface area contributed by atoms with Crippen molar-refractivity contribution in [3.63, 3.8) is 0 Å². The third-order valence-corrected chi connectivity index (χ3v) is 3.77. The molecule has 0 bridgehead atoms. The molecule has 1 aliphatic rings. The zero-order valence-corrected chi connectivity index (χ0v) is 10.8. The van der Waals surface area contributed by atoms with Crippen LogP contribution in [0, 0.1) is 0 Å². The van der Waals surface area contributed by atoms with E-state index in [2.05, 4.69) is 21.6 Å². The Kier molecular flexibility index (Phi) is 2.94. The molecule has 4 heteroatoms. The van der Waals surface area contributed by atoms with Crippen LogP contribution >= 0.6 is 11.3 Å². The standard InChI is InChI=1S/C14H12N2OS/c1-17-11-6-4-10(5-7-11)12-9-13(16-15-12)14-3-2-8-18-14/h2-8H,9H2,1H3. The molecule has 1 aromatic heterocycles. The van der Waals surface area contributed by atoms with Gasteiger partial charge in [-0.3, -0.25) is 0 Å². The van der Waals surface area contributed by atoms with E-state index >= 15 is 0 Å². The van der Waals surface area contributed by atoms with Crippen LogP contribution in [0.1, 0.15) is 16.9 Å². The molecule has 0 spiro atoms. The average molecular weight is 256 g/mol. The Bertz CT molecular complexity index is 597. The molecule has 90 valence electrons. The van der Waals surface area contributed by atoms with Gasteiger partial charge in [0.1, 0.15) is 5.75 Å². The third kappa shape index (κ3) is 2.07. The van der Waals surface area contributed by atoms with Crippen molar-refractivity contribution in [1.82, 2.24) is 0 Å². The molecule has 0 fully saturated rings. The van der Waals surface area contributed by atoms with E-state index in [4.69, 9.17) is 4.74 Å². The molecule has 1 aromatic carbocycles. The molecule has 0 radical (unpaired) electrons. The third-order valence-electron chi connectivity index (χ3n) is 2.86. The highest BCUT2D eigenvalue weighted by Crippen LogP contribution is 2.21. The van der Waals surface area contributed by atoms with Gasteiger partial charge in [0.15, 0.2) is 0 Å². The van der Waals surface area contributed by atoms with E-state index in [1.807, 2.05) is 30.3 Å². The van der Waals surface area contributed by atoms with Gasteiger partial charge in [0, 0.05) is 6.42 Å². The number of hydrogen-bond donors (Lipinski definition) is 0. The summed E-state index contributed by atoms with van der Waals surface area (Å²) in [6.07, 6.45) is 0.798. The summed E-state index contributed by atoms with van der Waals surface area (Å²) < 4.78 is 5.14. The lowest BCUT2D eigenvalue weighted by Crippen LogP contribution is -2.03. The molecule has 0 N–H and O–H groups in total. The fraction of sp³-hybridized carbons (Fsp3) is 0.143. The quantitative estimate of drug-likeness (QED) is 0.829.